The Morgan fingerprint density at radius 1 is 1.13 bits per heavy atom. The number of carboxylic acid groups (broad SMARTS) is 1. The molecule has 0 amide bonds. The highest BCUT2D eigenvalue weighted by Gasteiger charge is 2.30. The smallest absolute Gasteiger partial charge is 0.416 e. The third-order valence-electron chi connectivity index (χ3n) is 4.33. The molecule has 3 rings (SSSR count). The van der Waals surface area contributed by atoms with Crippen LogP contribution in [0.4, 0.5) is 13.2 Å². The van der Waals surface area contributed by atoms with Gasteiger partial charge in [0, 0.05) is 6.08 Å². The van der Waals surface area contributed by atoms with Gasteiger partial charge in [0.1, 0.15) is 18.1 Å². The Bertz CT molecular complexity index is 1090. The second-order valence-electron chi connectivity index (χ2n) is 6.54. The average molecular weight is 417 g/mol. The Morgan fingerprint density at radius 2 is 1.83 bits per heavy atom. The lowest BCUT2D eigenvalue weighted by atomic mass is 10.1. The van der Waals surface area contributed by atoms with Crippen molar-refractivity contribution in [3.05, 3.63) is 76.6 Å². The summed E-state index contributed by atoms with van der Waals surface area (Å²) in [5.74, 6) is -0.454. The fourth-order valence-electron chi connectivity index (χ4n) is 2.68. The van der Waals surface area contributed by atoms with Crippen LogP contribution in [0.3, 0.4) is 0 Å². The number of hydrogen-bond acceptors (Lipinski definition) is 4. The van der Waals surface area contributed by atoms with Crippen LogP contribution in [0.1, 0.15) is 28.1 Å². The Labute approximate surface area is 170 Å². The summed E-state index contributed by atoms with van der Waals surface area (Å²) >= 11 is 0. The molecule has 0 aliphatic heterocycles. The summed E-state index contributed by atoms with van der Waals surface area (Å²) in [6.45, 7) is 3.69. The highest BCUT2D eigenvalue weighted by Crippen LogP contribution is 2.29. The number of ether oxygens (including phenoxy) is 1. The number of rotatable bonds is 6. The van der Waals surface area contributed by atoms with E-state index in [2.05, 4.69) is 10.2 Å². The van der Waals surface area contributed by atoms with Gasteiger partial charge >= 0.3 is 12.1 Å². The Kier molecular flexibility index (Phi) is 5.91. The zero-order chi connectivity index (χ0) is 21.9. The van der Waals surface area contributed by atoms with E-state index in [-0.39, 0.29) is 6.61 Å². The normalized spacial score (nSPS) is 11.8. The number of benzene rings is 2. The van der Waals surface area contributed by atoms with Crippen LogP contribution in [0, 0.1) is 13.8 Å². The summed E-state index contributed by atoms with van der Waals surface area (Å²) in [6.07, 6.45) is -1.84. The van der Waals surface area contributed by atoms with E-state index < -0.39 is 17.7 Å². The first-order chi connectivity index (χ1) is 14.1. The lowest BCUT2D eigenvalue weighted by molar-refractivity contribution is -0.137. The molecule has 0 fully saturated rings. The number of nitrogens with zero attached hydrogens (tertiary/aromatic N) is 3. The van der Waals surface area contributed by atoms with Crippen molar-refractivity contribution in [1.82, 2.24) is 15.0 Å². The van der Waals surface area contributed by atoms with E-state index in [1.54, 1.807) is 25.1 Å². The maximum atomic E-state index is 12.7. The highest BCUT2D eigenvalue weighted by molar-refractivity contribution is 5.85. The van der Waals surface area contributed by atoms with E-state index in [0.29, 0.717) is 22.8 Å². The molecule has 0 saturated heterocycles. The number of aryl methyl sites for hydroxylation is 2. The Balaban J connectivity index is 1.71. The molecular formula is C21H18F3N3O3. The first kappa shape index (κ1) is 21.1. The van der Waals surface area contributed by atoms with E-state index in [1.165, 1.54) is 23.0 Å². The van der Waals surface area contributed by atoms with Crippen LogP contribution < -0.4 is 4.74 Å². The van der Waals surface area contributed by atoms with Crippen LogP contribution in [0.15, 0.2) is 48.5 Å². The number of carboxylic acids is 1. The molecule has 0 unspecified atom stereocenters. The van der Waals surface area contributed by atoms with Gasteiger partial charge in [-0.15, -0.1) is 5.10 Å². The van der Waals surface area contributed by atoms with Gasteiger partial charge < -0.3 is 9.84 Å². The van der Waals surface area contributed by atoms with Crippen LogP contribution in [0.5, 0.6) is 5.75 Å². The summed E-state index contributed by atoms with van der Waals surface area (Å²) < 4.78 is 43.8. The molecule has 0 aliphatic rings. The molecule has 0 radical (unpaired) electrons. The average Bonchev–Trinajstić information content (AvgIpc) is 3.05. The van der Waals surface area contributed by atoms with Crippen LogP contribution >= 0.6 is 0 Å². The molecule has 1 N–H and O–H groups in total. The fourth-order valence-corrected chi connectivity index (χ4v) is 2.68. The molecule has 1 heterocycles. The second kappa shape index (κ2) is 8.40. The quantitative estimate of drug-likeness (QED) is 0.594. The maximum Gasteiger partial charge on any atom is 0.416 e. The van der Waals surface area contributed by atoms with Crippen LogP contribution in [-0.2, 0) is 17.6 Å². The van der Waals surface area contributed by atoms with Gasteiger partial charge in [0.2, 0.25) is 0 Å². The number of hydrogen-bond donors (Lipinski definition) is 1. The minimum absolute atomic E-state index is 0.121. The van der Waals surface area contributed by atoms with Crippen LogP contribution in [0.2, 0.25) is 0 Å². The minimum atomic E-state index is -4.40. The number of alkyl halides is 3. The molecule has 9 heteroatoms. The van der Waals surface area contributed by atoms with Crippen molar-refractivity contribution in [3.8, 4) is 11.4 Å². The van der Waals surface area contributed by atoms with Crippen molar-refractivity contribution in [3.63, 3.8) is 0 Å². The molecular weight excluding hydrogens is 399 g/mol. The van der Waals surface area contributed by atoms with Crippen molar-refractivity contribution < 1.29 is 27.8 Å². The summed E-state index contributed by atoms with van der Waals surface area (Å²) in [7, 11) is 0. The summed E-state index contributed by atoms with van der Waals surface area (Å²) in [6, 6.07) is 9.80. The van der Waals surface area contributed by atoms with Gasteiger partial charge in [-0.1, -0.05) is 6.07 Å². The zero-order valence-electron chi connectivity index (χ0n) is 16.1. The van der Waals surface area contributed by atoms with Crippen molar-refractivity contribution in [1.29, 1.82) is 0 Å². The van der Waals surface area contributed by atoms with E-state index in [0.717, 1.165) is 29.3 Å². The third-order valence-corrected chi connectivity index (χ3v) is 4.33. The van der Waals surface area contributed by atoms with Gasteiger partial charge in [-0.25, -0.2) is 4.79 Å². The Morgan fingerprint density at radius 3 is 2.43 bits per heavy atom. The summed E-state index contributed by atoms with van der Waals surface area (Å²) in [5, 5.41) is 17.2. The number of carbonyl (C=O) groups is 1. The predicted octanol–water partition coefficient (Wildman–Crippen LogP) is 4.58. The van der Waals surface area contributed by atoms with Crippen molar-refractivity contribution >= 4 is 12.0 Å². The van der Waals surface area contributed by atoms with Crippen molar-refractivity contribution in [2.45, 2.75) is 26.6 Å². The second-order valence-corrected chi connectivity index (χ2v) is 6.54. The molecule has 1 aromatic heterocycles. The molecule has 0 spiro atoms. The van der Waals surface area contributed by atoms with E-state index >= 15 is 0 Å². The number of halogens is 3. The van der Waals surface area contributed by atoms with Gasteiger partial charge in [-0.05, 0) is 67.4 Å². The SMILES string of the molecule is Cc1cc(OCc2nn(-c3ccc(C(F)(F)F)cc3)nc2C)ccc1C=CC(=O)O. The minimum Gasteiger partial charge on any atom is -0.487 e. The molecule has 0 aliphatic carbocycles. The number of aliphatic carboxylic acids is 1. The first-order valence-corrected chi connectivity index (χ1v) is 8.88. The van der Waals surface area contributed by atoms with E-state index in [4.69, 9.17) is 9.84 Å². The van der Waals surface area contributed by atoms with Crippen molar-refractivity contribution in [2.75, 3.05) is 0 Å². The third kappa shape index (κ3) is 5.05. The monoisotopic (exact) mass is 417 g/mol. The lowest BCUT2D eigenvalue weighted by Crippen LogP contribution is -2.06. The predicted molar refractivity (Wildman–Crippen MR) is 103 cm³/mol. The largest absolute Gasteiger partial charge is 0.487 e. The molecule has 2 aromatic carbocycles. The van der Waals surface area contributed by atoms with Gasteiger partial charge in [0.15, 0.2) is 0 Å². The molecule has 3 aromatic rings. The molecule has 0 bridgehead atoms. The molecule has 6 nitrogen and oxygen atoms in total. The zero-order valence-corrected chi connectivity index (χ0v) is 16.1. The van der Waals surface area contributed by atoms with E-state index in [1.807, 2.05) is 6.92 Å². The first-order valence-electron chi connectivity index (χ1n) is 8.88. The van der Waals surface area contributed by atoms with Gasteiger partial charge in [0.05, 0.1) is 16.9 Å². The standard InChI is InChI=1S/C21H18F3N3O3/c1-13-11-18(9-3-15(13)4-10-20(28)29)30-12-19-14(2)25-27(26-19)17-7-5-16(6-8-17)21(22,23)24/h3-11H,12H2,1-2H3,(H,28,29). The Hall–Kier alpha value is -3.62. The molecule has 30 heavy (non-hydrogen) atoms. The van der Waals surface area contributed by atoms with Gasteiger partial charge in [0.25, 0.3) is 0 Å². The molecule has 0 saturated carbocycles. The summed E-state index contributed by atoms with van der Waals surface area (Å²) in [5.41, 5.74) is 2.40. The summed E-state index contributed by atoms with van der Waals surface area (Å²) in [4.78, 5) is 11.9. The molecule has 156 valence electrons. The van der Waals surface area contributed by atoms with Gasteiger partial charge in [-0.3, -0.25) is 0 Å². The van der Waals surface area contributed by atoms with Crippen LogP contribution in [0.25, 0.3) is 11.8 Å². The topological polar surface area (TPSA) is 77.2 Å². The van der Waals surface area contributed by atoms with Crippen molar-refractivity contribution in [2.24, 2.45) is 0 Å². The lowest BCUT2D eigenvalue weighted by Gasteiger charge is -2.08. The van der Waals surface area contributed by atoms with E-state index in [9.17, 15) is 18.0 Å². The molecule has 0 atom stereocenters. The van der Waals surface area contributed by atoms with Crippen LogP contribution in [-0.4, -0.2) is 26.1 Å². The fraction of sp³-hybridized carbons (Fsp3) is 0.190. The van der Waals surface area contributed by atoms with Gasteiger partial charge in [-0.2, -0.15) is 23.1 Å². The number of aromatic nitrogens is 3. The highest BCUT2D eigenvalue weighted by atomic mass is 19.4. The maximum absolute atomic E-state index is 12.7.